The molecule has 2 amide bonds. The van der Waals surface area contributed by atoms with Gasteiger partial charge in [0.15, 0.2) is 0 Å². The van der Waals surface area contributed by atoms with Crippen molar-refractivity contribution in [1.29, 1.82) is 0 Å². The van der Waals surface area contributed by atoms with Gasteiger partial charge in [-0.2, -0.15) is 11.3 Å². The molecule has 1 aliphatic heterocycles. The summed E-state index contributed by atoms with van der Waals surface area (Å²) in [5, 5.41) is 13.0. The van der Waals surface area contributed by atoms with E-state index in [1.807, 2.05) is 35.7 Å². The Morgan fingerprint density at radius 3 is 2.67 bits per heavy atom. The highest BCUT2D eigenvalue weighted by Gasteiger charge is 2.10. The summed E-state index contributed by atoms with van der Waals surface area (Å²) in [7, 11) is 0. The summed E-state index contributed by atoms with van der Waals surface area (Å²) in [5.74, 6) is 0.501. The topological polar surface area (TPSA) is 91.4 Å². The Labute approximate surface area is 179 Å². The lowest BCUT2D eigenvalue weighted by atomic mass is 10.2. The van der Waals surface area contributed by atoms with Crippen LogP contribution in [0.5, 0.6) is 0 Å². The number of urea groups is 1. The smallest absolute Gasteiger partial charge is 0.319 e. The van der Waals surface area contributed by atoms with Crippen molar-refractivity contribution >= 4 is 34.7 Å². The Bertz CT molecular complexity index is 942. The van der Waals surface area contributed by atoms with Gasteiger partial charge in [0.25, 0.3) is 0 Å². The number of aromatic nitrogens is 2. The first kappa shape index (κ1) is 20.3. The van der Waals surface area contributed by atoms with Crippen LogP contribution >= 0.6 is 11.3 Å². The number of benzene rings is 1. The van der Waals surface area contributed by atoms with Gasteiger partial charge in [-0.3, -0.25) is 4.90 Å². The molecular weight excluding hydrogens is 400 g/mol. The monoisotopic (exact) mass is 424 g/mol. The highest BCUT2D eigenvalue weighted by Crippen LogP contribution is 2.22. The summed E-state index contributed by atoms with van der Waals surface area (Å²) in [6, 6.07) is 9.27. The van der Waals surface area contributed by atoms with Gasteiger partial charge in [-0.1, -0.05) is 6.07 Å². The molecular formula is C21H24N6O2S. The van der Waals surface area contributed by atoms with Gasteiger partial charge in [0.1, 0.15) is 0 Å². The second kappa shape index (κ2) is 10.1. The van der Waals surface area contributed by atoms with Gasteiger partial charge >= 0.3 is 6.03 Å². The van der Waals surface area contributed by atoms with E-state index in [9.17, 15) is 4.79 Å². The molecule has 9 heteroatoms. The molecule has 1 aromatic carbocycles. The van der Waals surface area contributed by atoms with Gasteiger partial charge < -0.3 is 20.7 Å². The van der Waals surface area contributed by atoms with Crippen LogP contribution in [0.4, 0.5) is 22.1 Å². The fourth-order valence-electron chi connectivity index (χ4n) is 3.10. The lowest BCUT2D eigenvalue weighted by Gasteiger charge is -2.26. The number of thiophene rings is 1. The average Bonchev–Trinajstić information content (AvgIpc) is 3.30. The third-order valence-corrected chi connectivity index (χ3v) is 5.38. The lowest BCUT2D eigenvalue weighted by Crippen LogP contribution is -2.42. The molecule has 1 aliphatic rings. The number of ether oxygens (including phenoxy) is 1. The summed E-state index contributed by atoms with van der Waals surface area (Å²) in [6.07, 6.45) is 3.59. The van der Waals surface area contributed by atoms with Crippen LogP contribution in [-0.4, -0.2) is 60.3 Å². The van der Waals surface area contributed by atoms with Crippen molar-refractivity contribution in [2.75, 3.05) is 50.0 Å². The predicted octanol–water partition coefficient (Wildman–Crippen LogP) is 3.40. The summed E-state index contributed by atoms with van der Waals surface area (Å²) < 4.78 is 5.33. The van der Waals surface area contributed by atoms with E-state index in [-0.39, 0.29) is 6.03 Å². The molecule has 8 nitrogen and oxygen atoms in total. The summed E-state index contributed by atoms with van der Waals surface area (Å²) >= 11 is 1.64. The summed E-state index contributed by atoms with van der Waals surface area (Å²) in [6.45, 7) is 4.74. The molecule has 0 atom stereocenters. The molecule has 1 fully saturated rings. The van der Waals surface area contributed by atoms with Crippen LogP contribution in [0.1, 0.15) is 0 Å². The number of nitrogens with one attached hydrogen (secondary N) is 3. The zero-order valence-corrected chi connectivity index (χ0v) is 17.3. The first-order chi connectivity index (χ1) is 14.8. The number of nitrogens with zero attached hydrogens (tertiary/aromatic N) is 3. The second-order valence-corrected chi connectivity index (χ2v) is 7.63. The van der Waals surface area contributed by atoms with Crippen molar-refractivity contribution < 1.29 is 9.53 Å². The average molecular weight is 425 g/mol. The van der Waals surface area contributed by atoms with Crippen molar-refractivity contribution in [2.24, 2.45) is 0 Å². The number of hydrogen-bond donors (Lipinski definition) is 3. The van der Waals surface area contributed by atoms with Crippen molar-refractivity contribution in [2.45, 2.75) is 0 Å². The fourth-order valence-corrected chi connectivity index (χ4v) is 3.77. The number of carbonyl (C=O) groups is 1. The zero-order valence-electron chi connectivity index (χ0n) is 16.5. The third kappa shape index (κ3) is 5.76. The van der Waals surface area contributed by atoms with Crippen LogP contribution in [0.25, 0.3) is 11.1 Å². The molecule has 3 heterocycles. The normalized spacial score (nSPS) is 14.3. The Morgan fingerprint density at radius 2 is 1.90 bits per heavy atom. The first-order valence-corrected chi connectivity index (χ1v) is 10.8. The molecule has 1 saturated heterocycles. The summed E-state index contributed by atoms with van der Waals surface area (Å²) in [5.41, 5.74) is 3.58. The van der Waals surface area contributed by atoms with Gasteiger partial charge in [-0.25, -0.2) is 14.8 Å². The second-order valence-electron chi connectivity index (χ2n) is 6.85. The van der Waals surface area contributed by atoms with Gasteiger partial charge in [0.2, 0.25) is 5.95 Å². The molecule has 0 unspecified atom stereocenters. The minimum absolute atomic E-state index is 0.225. The Morgan fingerprint density at radius 1 is 1.10 bits per heavy atom. The number of morpholine rings is 1. The quantitative estimate of drug-likeness (QED) is 0.538. The molecule has 0 bridgehead atoms. The van der Waals surface area contributed by atoms with E-state index in [1.54, 1.807) is 23.7 Å². The standard InChI is InChI=1S/C21H24N6O2S/c28-21(22-5-6-27-7-9-29-10-8-27)26-19-3-1-2-18(12-19)25-20-23-13-17(14-24-20)16-4-11-30-15-16/h1-4,11-15H,5-10H2,(H2,22,26,28)(H,23,24,25). The molecule has 0 aliphatic carbocycles. The fraction of sp³-hybridized carbons (Fsp3) is 0.286. The van der Waals surface area contributed by atoms with E-state index in [0.717, 1.165) is 49.7 Å². The van der Waals surface area contributed by atoms with Crippen LogP contribution in [0, 0.1) is 0 Å². The molecule has 0 spiro atoms. The molecule has 2 aromatic heterocycles. The molecule has 3 aromatic rings. The predicted molar refractivity (Wildman–Crippen MR) is 119 cm³/mol. The van der Waals surface area contributed by atoms with E-state index < -0.39 is 0 Å². The van der Waals surface area contributed by atoms with E-state index in [0.29, 0.717) is 18.2 Å². The highest BCUT2D eigenvalue weighted by molar-refractivity contribution is 7.08. The van der Waals surface area contributed by atoms with E-state index in [1.165, 1.54) is 0 Å². The SMILES string of the molecule is O=C(NCCN1CCOCC1)Nc1cccc(Nc2ncc(-c3ccsc3)cn2)c1. The Kier molecular flexibility index (Phi) is 6.86. The van der Waals surface area contributed by atoms with Crippen LogP contribution < -0.4 is 16.0 Å². The molecule has 30 heavy (non-hydrogen) atoms. The maximum Gasteiger partial charge on any atom is 0.319 e. The van der Waals surface area contributed by atoms with Crippen LogP contribution in [0.3, 0.4) is 0 Å². The minimum atomic E-state index is -0.225. The molecule has 0 saturated carbocycles. The van der Waals surface area contributed by atoms with Crippen molar-refractivity contribution in [3.05, 3.63) is 53.5 Å². The first-order valence-electron chi connectivity index (χ1n) is 9.83. The molecule has 3 N–H and O–H groups in total. The van der Waals surface area contributed by atoms with Crippen molar-refractivity contribution in [3.63, 3.8) is 0 Å². The molecule has 4 rings (SSSR count). The van der Waals surface area contributed by atoms with Gasteiger partial charge in [-0.05, 0) is 40.6 Å². The Balaban J connectivity index is 1.27. The van der Waals surface area contributed by atoms with Gasteiger partial charge in [0.05, 0.1) is 13.2 Å². The van der Waals surface area contributed by atoms with Gasteiger partial charge in [-0.15, -0.1) is 0 Å². The van der Waals surface area contributed by atoms with E-state index in [2.05, 4.69) is 36.2 Å². The van der Waals surface area contributed by atoms with Crippen LogP contribution in [-0.2, 0) is 4.74 Å². The molecule has 156 valence electrons. The zero-order chi connectivity index (χ0) is 20.6. The number of amides is 2. The largest absolute Gasteiger partial charge is 0.379 e. The maximum atomic E-state index is 12.2. The third-order valence-electron chi connectivity index (χ3n) is 4.70. The van der Waals surface area contributed by atoms with Crippen molar-refractivity contribution in [3.8, 4) is 11.1 Å². The highest BCUT2D eigenvalue weighted by atomic mass is 32.1. The maximum absolute atomic E-state index is 12.2. The number of anilines is 3. The van der Waals surface area contributed by atoms with Crippen LogP contribution in [0.2, 0.25) is 0 Å². The lowest BCUT2D eigenvalue weighted by molar-refractivity contribution is 0.0388. The van der Waals surface area contributed by atoms with Gasteiger partial charge in [0, 0.05) is 55.5 Å². The summed E-state index contributed by atoms with van der Waals surface area (Å²) in [4.78, 5) is 23.2. The van der Waals surface area contributed by atoms with E-state index in [4.69, 9.17) is 4.74 Å². The molecule has 0 radical (unpaired) electrons. The number of rotatable bonds is 7. The van der Waals surface area contributed by atoms with Crippen LogP contribution in [0.15, 0.2) is 53.5 Å². The number of hydrogen-bond acceptors (Lipinski definition) is 7. The minimum Gasteiger partial charge on any atom is -0.379 e. The Hall–Kier alpha value is -3.01. The van der Waals surface area contributed by atoms with Crippen molar-refractivity contribution in [1.82, 2.24) is 20.2 Å². The number of carbonyl (C=O) groups excluding carboxylic acids is 1. The van der Waals surface area contributed by atoms with E-state index >= 15 is 0 Å².